The monoisotopic (exact) mass is 328 g/mol. The number of ether oxygens (including phenoxy) is 1. The van der Waals surface area contributed by atoms with Gasteiger partial charge >= 0.3 is 0 Å². The molecule has 0 aliphatic carbocycles. The lowest BCUT2D eigenvalue weighted by molar-refractivity contribution is -0.385. The summed E-state index contributed by atoms with van der Waals surface area (Å²) >= 11 is 0. The van der Waals surface area contributed by atoms with Gasteiger partial charge in [-0.25, -0.2) is 0 Å². The number of para-hydroxylation sites is 1. The minimum atomic E-state index is -0.481. The second-order valence-corrected chi connectivity index (χ2v) is 5.34. The highest BCUT2D eigenvalue weighted by Crippen LogP contribution is 2.20. The molecule has 2 rings (SSSR count). The number of rotatable bonds is 8. The SMILES string of the molecule is CCCCOc1ccc(NC(=O)Cc2ccccc2[N+](=O)[O-])cc1. The summed E-state index contributed by atoms with van der Waals surface area (Å²) < 4.78 is 5.56. The maximum atomic E-state index is 12.1. The lowest BCUT2D eigenvalue weighted by Gasteiger charge is -2.08. The van der Waals surface area contributed by atoms with Gasteiger partial charge < -0.3 is 10.1 Å². The number of benzene rings is 2. The molecule has 0 spiro atoms. The number of anilines is 1. The molecule has 0 heterocycles. The van der Waals surface area contributed by atoms with Crippen LogP contribution in [0.15, 0.2) is 48.5 Å². The van der Waals surface area contributed by atoms with Gasteiger partial charge in [0.1, 0.15) is 5.75 Å². The number of hydrogen-bond donors (Lipinski definition) is 1. The zero-order chi connectivity index (χ0) is 17.4. The molecule has 0 saturated carbocycles. The van der Waals surface area contributed by atoms with Crippen molar-refractivity contribution in [3.63, 3.8) is 0 Å². The Hall–Kier alpha value is -2.89. The highest BCUT2D eigenvalue weighted by atomic mass is 16.6. The third-order valence-electron chi connectivity index (χ3n) is 3.44. The lowest BCUT2D eigenvalue weighted by Crippen LogP contribution is -2.15. The van der Waals surface area contributed by atoms with Gasteiger partial charge in [-0.2, -0.15) is 0 Å². The first-order valence-corrected chi connectivity index (χ1v) is 7.85. The molecule has 0 bridgehead atoms. The quantitative estimate of drug-likeness (QED) is 0.452. The van der Waals surface area contributed by atoms with Crippen molar-refractivity contribution >= 4 is 17.3 Å². The van der Waals surface area contributed by atoms with Crippen molar-refractivity contribution in [2.45, 2.75) is 26.2 Å². The van der Waals surface area contributed by atoms with Crippen molar-refractivity contribution in [2.24, 2.45) is 0 Å². The van der Waals surface area contributed by atoms with Crippen LogP contribution in [0.25, 0.3) is 0 Å². The second kappa shape index (κ2) is 8.67. The fourth-order valence-electron chi connectivity index (χ4n) is 2.19. The Bertz CT molecular complexity index is 698. The molecule has 0 saturated heterocycles. The van der Waals surface area contributed by atoms with Crippen LogP contribution in [0.2, 0.25) is 0 Å². The Kier molecular flexibility index (Phi) is 6.31. The van der Waals surface area contributed by atoms with Crippen LogP contribution in [0, 0.1) is 10.1 Å². The summed E-state index contributed by atoms with van der Waals surface area (Å²) in [5.74, 6) is 0.448. The number of nitro benzene ring substituents is 1. The average molecular weight is 328 g/mol. The zero-order valence-electron chi connectivity index (χ0n) is 13.5. The molecule has 126 valence electrons. The molecule has 6 nitrogen and oxygen atoms in total. The summed E-state index contributed by atoms with van der Waals surface area (Å²) in [6.07, 6.45) is 2.01. The van der Waals surface area contributed by atoms with E-state index in [1.165, 1.54) is 6.07 Å². The van der Waals surface area contributed by atoms with Crippen LogP contribution >= 0.6 is 0 Å². The first kappa shape index (κ1) is 17.5. The van der Waals surface area contributed by atoms with Gasteiger partial charge in [0.05, 0.1) is 18.0 Å². The largest absolute Gasteiger partial charge is 0.494 e. The first-order valence-electron chi connectivity index (χ1n) is 7.85. The predicted molar refractivity (Wildman–Crippen MR) is 92.3 cm³/mol. The molecule has 2 aromatic carbocycles. The van der Waals surface area contributed by atoms with Crippen molar-refractivity contribution in [3.05, 3.63) is 64.2 Å². The second-order valence-electron chi connectivity index (χ2n) is 5.34. The Morgan fingerprint density at radius 1 is 1.17 bits per heavy atom. The molecular weight excluding hydrogens is 308 g/mol. The highest BCUT2D eigenvalue weighted by Gasteiger charge is 2.15. The molecule has 0 aliphatic heterocycles. The van der Waals surface area contributed by atoms with Crippen molar-refractivity contribution in [2.75, 3.05) is 11.9 Å². The minimum absolute atomic E-state index is 0.0488. The minimum Gasteiger partial charge on any atom is -0.494 e. The Morgan fingerprint density at radius 3 is 2.54 bits per heavy atom. The van der Waals surface area contributed by atoms with Gasteiger partial charge in [-0.3, -0.25) is 14.9 Å². The third-order valence-corrected chi connectivity index (χ3v) is 3.44. The van der Waals surface area contributed by atoms with Crippen molar-refractivity contribution in [1.29, 1.82) is 0 Å². The molecule has 1 amide bonds. The predicted octanol–water partition coefficient (Wildman–Crippen LogP) is 3.95. The number of hydrogen-bond acceptors (Lipinski definition) is 4. The van der Waals surface area contributed by atoms with Crippen LogP contribution in [-0.4, -0.2) is 17.4 Å². The number of carbonyl (C=O) groups excluding carboxylic acids is 1. The van der Waals surface area contributed by atoms with Gasteiger partial charge in [-0.15, -0.1) is 0 Å². The van der Waals surface area contributed by atoms with E-state index in [9.17, 15) is 14.9 Å². The molecule has 0 aromatic heterocycles. The molecule has 1 N–H and O–H groups in total. The maximum Gasteiger partial charge on any atom is 0.273 e. The van der Waals surface area contributed by atoms with Crippen molar-refractivity contribution < 1.29 is 14.5 Å². The van der Waals surface area contributed by atoms with Gasteiger partial charge in [0.25, 0.3) is 5.69 Å². The van der Waals surface area contributed by atoms with E-state index < -0.39 is 4.92 Å². The van der Waals surface area contributed by atoms with E-state index in [1.807, 2.05) is 0 Å². The van der Waals surface area contributed by atoms with E-state index >= 15 is 0 Å². The van der Waals surface area contributed by atoms with E-state index in [4.69, 9.17) is 4.74 Å². The van der Waals surface area contributed by atoms with Gasteiger partial charge in [-0.1, -0.05) is 31.5 Å². The smallest absolute Gasteiger partial charge is 0.273 e. The van der Waals surface area contributed by atoms with Gasteiger partial charge in [0.2, 0.25) is 5.91 Å². The Balaban J connectivity index is 1.94. The van der Waals surface area contributed by atoms with Crippen LogP contribution < -0.4 is 10.1 Å². The van der Waals surface area contributed by atoms with Gasteiger partial charge in [0.15, 0.2) is 0 Å². The van der Waals surface area contributed by atoms with Crippen LogP contribution in [0.5, 0.6) is 5.75 Å². The van der Waals surface area contributed by atoms with Gasteiger partial charge in [-0.05, 0) is 30.7 Å². The van der Waals surface area contributed by atoms with Crippen molar-refractivity contribution in [3.8, 4) is 5.75 Å². The molecule has 0 radical (unpaired) electrons. The molecule has 2 aromatic rings. The number of carbonyl (C=O) groups is 1. The molecule has 24 heavy (non-hydrogen) atoms. The Morgan fingerprint density at radius 2 is 1.88 bits per heavy atom. The number of amides is 1. The number of nitrogens with zero attached hydrogens (tertiary/aromatic N) is 1. The highest BCUT2D eigenvalue weighted by molar-refractivity contribution is 5.92. The van der Waals surface area contributed by atoms with Crippen LogP contribution in [-0.2, 0) is 11.2 Å². The summed E-state index contributed by atoms with van der Waals surface area (Å²) in [6.45, 7) is 2.76. The molecule has 0 unspecified atom stereocenters. The summed E-state index contributed by atoms with van der Waals surface area (Å²) in [5.41, 5.74) is 0.966. The van der Waals surface area contributed by atoms with E-state index in [0.717, 1.165) is 18.6 Å². The first-order chi connectivity index (χ1) is 11.6. The molecule has 6 heteroatoms. The lowest BCUT2D eigenvalue weighted by atomic mass is 10.1. The summed E-state index contributed by atoms with van der Waals surface area (Å²) in [7, 11) is 0. The number of unbranched alkanes of at least 4 members (excludes halogenated alkanes) is 1. The van der Waals surface area contributed by atoms with E-state index in [2.05, 4.69) is 12.2 Å². The Labute approximate surface area is 140 Å². The van der Waals surface area contributed by atoms with E-state index in [-0.39, 0.29) is 18.0 Å². The molecule has 0 fully saturated rings. The zero-order valence-corrected chi connectivity index (χ0v) is 13.5. The summed E-state index contributed by atoms with van der Waals surface area (Å²) in [4.78, 5) is 22.6. The average Bonchev–Trinajstić information content (AvgIpc) is 2.57. The maximum absolute atomic E-state index is 12.1. The molecule has 0 aliphatic rings. The number of nitrogens with one attached hydrogen (secondary N) is 1. The summed E-state index contributed by atoms with van der Waals surface area (Å²) in [6, 6.07) is 13.3. The third kappa shape index (κ3) is 5.08. The van der Waals surface area contributed by atoms with E-state index in [1.54, 1.807) is 42.5 Å². The van der Waals surface area contributed by atoms with Gasteiger partial charge in [0, 0.05) is 17.3 Å². The molecular formula is C18H20N2O4. The summed E-state index contributed by atoms with van der Waals surface area (Å²) in [5, 5.41) is 13.7. The normalized spacial score (nSPS) is 10.2. The fourth-order valence-corrected chi connectivity index (χ4v) is 2.19. The van der Waals surface area contributed by atoms with Crippen LogP contribution in [0.4, 0.5) is 11.4 Å². The fraction of sp³-hybridized carbons (Fsp3) is 0.278. The van der Waals surface area contributed by atoms with Crippen LogP contribution in [0.3, 0.4) is 0 Å². The molecule has 0 atom stereocenters. The standard InChI is InChI=1S/C18H20N2O4/c1-2-3-12-24-16-10-8-15(9-11-16)19-18(21)13-14-6-4-5-7-17(14)20(22)23/h4-11H,2-3,12-13H2,1H3,(H,19,21). The van der Waals surface area contributed by atoms with Crippen LogP contribution in [0.1, 0.15) is 25.3 Å². The van der Waals surface area contributed by atoms with E-state index in [0.29, 0.717) is 17.9 Å². The topological polar surface area (TPSA) is 81.5 Å². The number of nitro groups is 1. The van der Waals surface area contributed by atoms with Crippen molar-refractivity contribution in [1.82, 2.24) is 0 Å².